The van der Waals surface area contributed by atoms with Crippen molar-refractivity contribution < 1.29 is 4.92 Å². The van der Waals surface area contributed by atoms with E-state index in [1.165, 1.54) is 23.9 Å². The van der Waals surface area contributed by atoms with Crippen LogP contribution in [0.25, 0.3) is 17.1 Å². The lowest BCUT2D eigenvalue weighted by Crippen LogP contribution is -1.99. The fraction of sp³-hybridized carbons (Fsp3) is 0.0476. The number of hydrogen-bond donors (Lipinski definition) is 0. The molecule has 0 radical (unpaired) electrons. The lowest BCUT2D eigenvalue weighted by Gasteiger charge is -2.11. The van der Waals surface area contributed by atoms with Crippen molar-refractivity contribution in [2.45, 2.75) is 10.9 Å². The summed E-state index contributed by atoms with van der Waals surface area (Å²) in [6, 6.07) is 21.3. The molecule has 0 saturated heterocycles. The maximum absolute atomic E-state index is 10.8. The quantitative estimate of drug-likeness (QED) is 0.189. The van der Waals surface area contributed by atoms with Gasteiger partial charge in [-0.05, 0) is 54.1 Å². The van der Waals surface area contributed by atoms with Crippen LogP contribution in [-0.4, -0.2) is 19.7 Å². The third-order valence-electron chi connectivity index (χ3n) is 4.34. The minimum Gasteiger partial charge on any atom is -0.270 e. The molecule has 0 aliphatic heterocycles. The molecule has 0 aliphatic carbocycles. The van der Waals surface area contributed by atoms with Gasteiger partial charge in [0.05, 0.1) is 4.92 Å². The number of nitro benzene ring substituents is 1. The van der Waals surface area contributed by atoms with Crippen LogP contribution in [0, 0.1) is 10.1 Å². The minimum atomic E-state index is -0.410. The molecule has 0 aliphatic rings. The normalized spacial score (nSPS) is 10.9. The molecular formula is C21H14Cl2N4O2S. The largest absolute Gasteiger partial charge is 0.270 e. The molecule has 0 saturated carbocycles. The lowest BCUT2D eigenvalue weighted by atomic mass is 10.2. The average molecular weight is 457 g/mol. The van der Waals surface area contributed by atoms with Gasteiger partial charge in [0.15, 0.2) is 11.0 Å². The van der Waals surface area contributed by atoms with Gasteiger partial charge in [-0.2, -0.15) is 0 Å². The zero-order valence-corrected chi connectivity index (χ0v) is 17.7. The molecule has 6 nitrogen and oxygen atoms in total. The Hall–Kier alpha value is -2.87. The molecule has 0 atom stereocenters. The second-order valence-electron chi connectivity index (χ2n) is 6.34. The molecule has 0 N–H and O–H groups in total. The number of rotatable bonds is 6. The Morgan fingerprint density at radius 3 is 2.07 bits per heavy atom. The summed E-state index contributed by atoms with van der Waals surface area (Å²) in [5.41, 5.74) is 2.77. The van der Waals surface area contributed by atoms with Crippen LogP contribution in [0.4, 0.5) is 5.69 Å². The van der Waals surface area contributed by atoms with Gasteiger partial charge in [0.2, 0.25) is 0 Å². The molecule has 30 heavy (non-hydrogen) atoms. The fourth-order valence-corrected chi connectivity index (χ4v) is 3.99. The zero-order chi connectivity index (χ0) is 21.1. The van der Waals surface area contributed by atoms with Crippen LogP contribution >= 0.6 is 35.0 Å². The highest BCUT2D eigenvalue weighted by Gasteiger charge is 2.16. The first kappa shape index (κ1) is 20.4. The van der Waals surface area contributed by atoms with E-state index in [0.717, 1.165) is 16.8 Å². The molecule has 0 spiro atoms. The summed E-state index contributed by atoms with van der Waals surface area (Å²) >= 11 is 13.6. The number of hydrogen-bond acceptors (Lipinski definition) is 5. The Morgan fingerprint density at radius 2 is 1.47 bits per heavy atom. The highest BCUT2D eigenvalue weighted by atomic mass is 35.5. The van der Waals surface area contributed by atoms with Crippen molar-refractivity contribution in [1.29, 1.82) is 0 Å². The van der Waals surface area contributed by atoms with Gasteiger partial charge >= 0.3 is 0 Å². The van der Waals surface area contributed by atoms with E-state index in [2.05, 4.69) is 10.2 Å². The van der Waals surface area contributed by atoms with E-state index in [1.807, 2.05) is 53.1 Å². The van der Waals surface area contributed by atoms with Crippen LogP contribution < -0.4 is 0 Å². The predicted molar refractivity (Wildman–Crippen MR) is 119 cm³/mol. The number of non-ortho nitro benzene ring substituents is 1. The van der Waals surface area contributed by atoms with Crippen LogP contribution in [0.2, 0.25) is 10.0 Å². The third kappa shape index (κ3) is 4.48. The van der Waals surface area contributed by atoms with Gasteiger partial charge < -0.3 is 0 Å². The number of nitro groups is 1. The standard InChI is InChI=1S/C21H14Cl2N4O2S/c22-16-5-3-15(4-6-16)20-24-25-21(26(20)18-11-7-17(23)8-12-18)30-13-14-1-9-19(10-2-14)27(28)29/h1-12H,13H2. The van der Waals surface area contributed by atoms with Crippen LogP contribution in [0.5, 0.6) is 0 Å². The molecule has 9 heteroatoms. The average Bonchev–Trinajstić information content (AvgIpc) is 3.17. The van der Waals surface area contributed by atoms with Crippen molar-refractivity contribution in [3.8, 4) is 17.1 Å². The van der Waals surface area contributed by atoms with E-state index in [9.17, 15) is 10.1 Å². The van der Waals surface area contributed by atoms with Gasteiger partial charge in [0.1, 0.15) is 0 Å². The summed E-state index contributed by atoms with van der Waals surface area (Å²) in [6.45, 7) is 0. The van der Waals surface area contributed by atoms with Crippen LogP contribution in [0.1, 0.15) is 5.56 Å². The summed E-state index contributed by atoms with van der Waals surface area (Å²) in [7, 11) is 0. The topological polar surface area (TPSA) is 73.8 Å². The van der Waals surface area contributed by atoms with Crippen molar-refractivity contribution in [2.75, 3.05) is 0 Å². The molecule has 1 heterocycles. The molecule has 1 aromatic heterocycles. The van der Waals surface area contributed by atoms with Crippen molar-refractivity contribution in [3.05, 3.63) is 98.5 Å². The van der Waals surface area contributed by atoms with Crippen molar-refractivity contribution in [3.63, 3.8) is 0 Å². The number of thioether (sulfide) groups is 1. The Bertz CT molecular complexity index is 1180. The van der Waals surface area contributed by atoms with Crippen molar-refractivity contribution in [1.82, 2.24) is 14.8 Å². The maximum atomic E-state index is 10.8. The highest BCUT2D eigenvalue weighted by molar-refractivity contribution is 7.98. The number of halogens is 2. The molecule has 150 valence electrons. The van der Waals surface area contributed by atoms with Gasteiger partial charge in [0.25, 0.3) is 5.69 Å². The molecule has 0 bridgehead atoms. The highest BCUT2D eigenvalue weighted by Crippen LogP contribution is 2.31. The smallest absolute Gasteiger partial charge is 0.269 e. The molecule has 4 aromatic rings. The molecule has 3 aromatic carbocycles. The van der Waals surface area contributed by atoms with Gasteiger partial charge in [0, 0.05) is 39.2 Å². The van der Waals surface area contributed by atoms with Crippen LogP contribution in [0.3, 0.4) is 0 Å². The second-order valence-corrected chi connectivity index (χ2v) is 8.15. The number of aromatic nitrogens is 3. The summed E-state index contributed by atoms with van der Waals surface area (Å²) in [5.74, 6) is 1.27. The zero-order valence-electron chi connectivity index (χ0n) is 15.4. The Kier molecular flexibility index (Phi) is 6.03. The Morgan fingerprint density at radius 1 is 0.867 bits per heavy atom. The van der Waals surface area contributed by atoms with E-state index in [0.29, 0.717) is 26.8 Å². The Balaban J connectivity index is 1.67. The molecule has 4 rings (SSSR count). The van der Waals surface area contributed by atoms with Crippen LogP contribution in [0.15, 0.2) is 78.0 Å². The summed E-state index contributed by atoms with van der Waals surface area (Å²) in [5, 5.41) is 21.6. The number of benzene rings is 3. The molecule has 0 fully saturated rings. The van der Waals surface area contributed by atoms with Crippen LogP contribution in [-0.2, 0) is 5.75 Å². The predicted octanol–water partition coefficient (Wildman–Crippen LogP) is 6.44. The Labute approximate surface area is 186 Å². The van der Waals surface area contributed by atoms with E-state index in [1.54, 1.807) is 12.1 Å². The van der Waals surface area contributed by atoms with E-state index >= 15 is 0 Å². The maximum Gasteiger partial charge on any atom is 0.269 e. The van der Waals surface area contributed by atoms with E-state index < -0.39 is 4.92 Å². The molecule has 0 unspecified atom stereocenters. The summed E-state index contributed by atoms with van der Waals surface area (Å²) in [6.07, 6.45) is 0. The minimum absolute atomic E-state index is 0.0677. The summed E-state index contributed by atoms with van der Waals surface area (Å²) in [4.78, 5) is 10.4. The van der Waals surface area contributed by atoms with Crippen molar-refractivity contribution >= 4 is 40.7 Å². The van der Waals surface area contributed by atoms with E-state index in [-0.39, 0.29) is 5.69 Å². The molecule has 0 amide bonds. The monoisotopic (exact) mass is 456 g/mol. The van der Waals surface area contributed by atoms with Crippen molar-refractivity contribution in [2.24, 2.45) is 0 Å². The fourth-order valence-electron chi connectivity index (χ4n) is 2.83. The van der Waals surface area contributed by atoms with Gasteiger partial charge in [-0.1, -0.05) is 47.1 Å². The molecular weight excluding hydrogens is 443 g/mol. The number of nitrogens with zero attached hydrogens (tertiary/aromatic N) is 4. The van der Waals surface area contributed by atoms with Gasteiger partial charge in [-0.15, -0.1) is 10.2 Å². The van der Waals surface area contributed by atoms with E-state index in [4.69, 9.17) is 23.2 Å². The third-order valence-corrected chi connectivity index (χ3v) is 5.84. The first-order valence-corrected chi connectivity index (χ1v) is 10.6. The second kappa shape index (κ2) is 8.87. The van der Waals surface area contributed by atoms with Gasteiger partial charge in [-0.25, -0.2) is 0 Å². The summed E-state index contributed by atoms with van der Waals surface area (Å²) < 4.78 is 1.95. The lowest BCUT2D eigenvalue weighted by molar-refractivity contribution is -0.384. The van der Waals surface area contributed by atoms with Gasteiger partial charge in [-0.3, -0.25) is 14.7 Å². The first-order chi connectivity index (χ1) is 14.5. The SMILES string of the molecule is O=[N+]([O-])c1ccc(CSc2nnc(-c3ccc(Cl)cc3)n2-c2ccc(Cl)cc2)cc1. The first-order valence-electron chi connectivity index (χ1n) is 8.85.